The molecule has 2 aliphatic rings. The van der Waals surface area contributed by atoms with Gasteiger partial charge in [0.25, 0.3) is 0 Å². The van der Waals surface area contributed by atoms with E-state index in [1.165, 1.54) is 6.42 Å². The van der Waals surface area contributed by atoms with Crippen LogP contribution in [-0.2, 0) is 11.2 Å². The molecule has 2 aliphatic heterocycles. The fraction of sp³-hybridized carbons (Fsp3) is 0.533. The highest BCUT2D eigenvalue weighted by Gasteiger charge is 2.42. The monoisotopic (exact) mass is 279 g/mol. The predicted molar refractivity (Wildman–Crippen MR) is 74.8 cm³/mol. The lowest BCUT2D eigenvalue weighted by Crippen LogP contribution is -2.29. The molecule has 2 saturated heterocycles. The summed E-state index contributed by atoms with van der Waals surface area (Å²) < 4.78 is 5.30. The topological polar surface area (TPSA) is 38.3 Å². The number of ether oxygens (including phenoxy) is 1. The number of ketones is 1. The maximum absolute atomic E-state index is 12.4. The number of methoxy groups -OCH3 is 1. The van der Waals surface area contributed by atoms with Crippen LogP contribution in [0.3, 0.4) is 0 Å². The van der Waals surface area contributed by atoms with Gasteiger partial charge in [0.15, 0.2) is 0 Å². The number of nitrogens with one attached hydrogen (secondary N) is 1. The van der Waals surface area contributed by atoms with Gasteiger partial charge in [0.1, 0.15) is 11.5 Å². The zero-order valence-electron chi connectivity index (χ0n) is 11.0. The zero-order chi connectivity index (χ0) is 13.4. The number of rotatable bonds is 4. The number of Topliss-reactive ketones (excluding diaryl/α,β-unsaturated/α-hetero) is 1. The highest BCUT2D eigenvalue weighted by molar-refractivity contribution is 6.30. The molecule has 3 rings (SSSR count). The van der Waals surface area contributed by atoms with Crippen LogP contribution in [0.25, 0.3) is 0 Å². The molecule has 19 heavy (non-hydrogen) atoms. The van der Waals surface area contributed by atoms with Gasteiger partial charge in [0, 0.05) is 35.0 Å². The third-order valence-electron chi connectivity index (χ3n) is 4.32. The van der Waals surface area contributed by atoms with Crippen LogP contribution in [0.4, 0.5) is 0 Å². The van der Waals surface area contributed by atoms with E-state index in [1.807, 2.05) is 12.1 Å². The highest BCUT2D eigenvalue weighted by atomic mass is 35.5. The average molecular weight is 280 g/mol. The molecule has 0 amide bonds. The van der Waals surface area contributed by atoms with Gasteiger partial charge in [-0.25, -0.2) is 0 Å². The normalized spacial score (nSPS) is 28.6. The molecular formula is C15H18ClNO2. The van der Waals surface area contributed by atoms with Crippen LogP contribution in [-0.4, -0.2) is 25.0 Å². The molecule has 0 aliphatic carbocycles. The number of carbonyl (C=O) groups is 1. The van der Waals surface area contributed by atoms with Crippen LogP contribution in [0.1, 0.15) is 24.8 Å². The summed E-state index contributed by atoms with van der Waals surface area (Å²) in [5, 5.41) is 4.15. The van der Waals surface area contributed by atoms with Crippen molar-refractivity contribution in [3.8, 4) is 5.75 Å². The summed E-state index contributed by atoms with van der Waals surface area (Å²) in [5.41, 5.74) is 0.891. The first-order valence-corrected chi connectivity index (χ1v) is 7.16. The minimum absolute atomic E-state index is 0.169. The Morgan fingerprint density at radius 1 is 1.47 bits per heavy atom. The van der Waals surface area contributed by atoms with Crippen molar-refractivity contribution in [2.24, 2.45) is 5.92 Å². The number of halogens is 1. The van der Waals surface area contributed by atoms with Gasteiger partial charge in [-0.05, 0) is 37.5 Å². The van der Waals surface area contributed by atoms with Gasteiger partial charge in [-0.2, -0.15) is 0 Å². The summed E-state index contributed by atoms with van der Waals surface area (Å²) in [6.07, 6.45) is 3.76. The van der Waals surface area contributed by atoms with Gasteiger partial charge in [0.05, 0.1) is 7.11 Å². The number of benzene rings is 1. The molecule has 0 radical (unpaired) electrons. The number of fused-ring (bicyclic) bond motifs is 2. The van der Waals surface area contributed by atoms with Crippen LogP contribution < -0.4 is 10.1 Å². The Labute approximate surface area is 118 Å². The number of hydrogen-bond donors (Lipinski definition) is 1. The molecule has 1 aromatic rings. The predicted octanol–water partition coefficient (Wildman–Crippen LogP) is 2.60. The SMILES string of the molecule is COc1ccc(Cl)cc1CC(=O)C1CC2CCC1N2. The van der Waals surface area contributed by atoms with Crippen molar-refractivity contribution in [1.29, 1.82) is 0 Å². The van der Waals surface area contributed by atoms with Crippen molar-refractivity contribution in [2.45, 2.75) is 37.8 Å². The summed E-state index contributed by atoms with van der Waals surface area (Å²) in [7, 11) is 1.62. The maximum Gasteiger partial charge on any atom is 0.142 e. The van der Waals surface area contributed by atoms with E-state index < -0.39 is 0 Å². The zero-order valence-corrected chi connectivity index (χ0v) is 11.7. The van der Waals surface area contributed by atoms with Gasteiger partial charge < -0.3 is 10.1 Å². The van der Waals surface area contributed by atoms with Crippen molar-refractivity contribution >= 4 is 17.4 Å². The Morgan fingerprint density at radius 3 is 2.95 bits per heavy atom. The minimum atomic E-state index is 0.169. The summed E-state index contributed by atoms with van der Waals surface area (Å²) in [4.78, 5) is 12.4. The maximum atomic E-state index is 12.4. The van der Waals surface area contributed by atoms with Crippen molar-refractivity contribution in [3.63, 3.8) is 0 Å². The Kier molecular flexibility index (Phi) is 3.50. The van der Waals surface area contributed by atoms with E-state index in [0.717, 1.165) is 24.2 Å². The molecule has 102 valence electrons. The first-order valence-electron chi connectivity index (χ1n) is 6.78. The van der Waals surface area contributed by atoms with Gasteiger partial charge in [-0.3, -0.25) is 4.79 Å². The van der Waals surface area contributed by atoms with E-state index in [9.17, 15) is 4.79 Å². The Balaban J connectivity index is 1.74. The fourth-order valence-electron chi connectivity index (χ4n) is 3.38. The molecule has 2 fully saturated rings. The second kappa shape index (κ2) is 5.14. The lowest BCUT2D eigenvalue weighted by molar-refractivity contribution is -0.122. The molecule has 2 bridgehead atoms. The lowest BCUT2D eigenvalue weighted by atomic mass is 9.84. The average Bonchev–Trinajstić information content (AvgIpc) is 3.01. The van der Waals surface area contributed by atoms with E-state index in [1.54, 1.807) is 13.2 Å². The smallest absolute Gasteiger partial charge is 0.142 e. The molecule has 1 aromatic carbocycles. The van der Waals surface area contributed by atoms with Gasteiger partial charge in [-0.1, -0.05) is 11.6 Å². The standard InChI is InChI=1S/C15H18ClNO2/c1-19-15-5-2-10(16)6-9(15)7-14(18)12-8-11-3-4-13(12)17-11/h2,5-6,11-13,17H,3-4,7-8H2,1H3. The van der Waals surface area contributed by atoms with E-state index in [0.29, 0.717) is 29.3 Å². The van der Waals surface area contributed by atoms with Crippen molar-refractivity contribution in [2.75, 3.05) is 7.11 Å². The largest absolute Gasteiger partial charge is 0.496 e. The van der Waals surface area contributed by atoms with E-state index in [-0.39, 0.29) is 5.92 Å². The van der Waals surface area contributed by atoms with Gasteiger partial charge in [-0.15, -0.1) is 0 Å². The van der Waals surface area contributed by atoms with Crippen LogP contribution in [0.15, 0.2) is 18.2 Å². The van der Waals surface area contributed by atoms with Crippen molar-refractivity contribution < 1.29 is 9.53 Å². The molecule has 0 spiro atoms. The molecule has 0 aromatic heterocycles. The first kappa shape index (κ1) is 12.9. The highest BCUT2D eigenvalue weighted by Crippen LogP contribution is 2.35. The summed E-state index contributed by atoms with van der Waals surface area (Å²) in [6, 6.07) is 6.39. The minimum Gasteiger partial charge on any atom is -0.496 e. The second-order valence-electron chi connectivity index (χ2n) is 5.49. The molecule has 2 heterocycles. The van der Waals surface area contributed by atoms with Crippen LogP contribution in [0.5, 0.6) is 5.75 Å². The molecule has 1 N–H and O–H groups in total. The third-order valence-corrected chi connectivity index (χ3v) is 4.56. The number of hydrogen-bond acceptors (Lipinski definition) is 3. The molecular weight excluding hydrogens is 262 g/mol. The third kappa shape index (κ3) is 2.49. The van der Waals surface area contributed by atoms with Gasteiger partial charge >= 0.3 is 0 Å². The summed E-state index contributed by atoms with van der Waals surface area (Å²) in [5.74, 6) is 1.22. The van der Waals surface area contributed by atoms with Gasteiger partial charge in [0.2, 0.25) is 0 Å². The van der Waals surface area contributed by atoms with Crippen LogP contribution in [0, 0.1) is 5.92 Å². The molecule has 3 unspecified atom stereocenters. The van der Waals surface area contributed by atoms with Crippen LogP contribution >= 0.6 is 11.6 Å². The summed E-state index contributed by atoms with van der Waals surface area (Å²) in [6.45, 7) is 0. The quantitative estimate of drug-likeness (QED) is 0.921. The van der Waals surface area contributed by atoms with Crippen molar-refractivity contribution in [3.05, 3.63) is 28.8 Å². The Hall–Kier alpha value is -1.06. The first-order chi connectivity index (χ1) is 9.17. The second-order valence-corrected chi connectivity index (χ2v) is 5.93. The lowest BCUT2D eigenvalue weighted by Gasteiger charge is -2.19. The molecule has 3 atom stereocenters. The molecule has 0 saturated carbocycles. The van der Waals surface area contributed by atoms with Crippen molar-refractivity contribution in [1.82, 2.24) is 5.32 Å². The number of carbonyl (C=O) groups excluding carboxylic acids is 1. The van der Waals surface area contributed by atoms with Crippen LogP contribution in [0.2, 0.25) is 5.02 Å². The van der Waals surface area contributed by atoms with E-state index in [2.05, 4.69) is 5.32 Å². The van der Waals surface area contributed by atoms with E-state index >= 15 is 0 Å². The summed E-state index contributed by atoms with van der Waals surface area (Å²) >= 11 is 6.00. The molecule has 4 heteroatoms. The Bertz CT molecular complexity index is 503. The fourth-order valence-corrected chi connectivity index (χ4v) is 3.58. The molecule has 3 nitrogen and oxygen atoms in total. The Morgan fingerprint density at radius 2 is 2.32 bits per heavy atom. The van der Waals surface area contributed by atoms with E-state index in [4.69, 9.17) is 16.3 Å².